The van der Waals surface area contributed by atoms with Crippen molar-refractivity contribution < 1.29 is 9.53 Å². The van der Waals surface area contributed by atoms with Gasteiger partial charge in [-0.2, -0.15) is 5.10 Å². The summed E-state index contributed by atoms with van der Waals surface area (Å²) in [6.45, 7) is 11.0. The largest absolute Gasteiger partial charge is 0.380 e. The van der Waals surface area contributed by atoms with E-state index in [1.165, 1.54) is 0 Å². The third-order valence-corrected chi connectivity index (χ3v) is 5.80. The first-order valence-electron chi connectivity index (χ1n) is 11.1. The van der Waals surface area contributed by atoms with Crippen molar-refractivity contribution in [1.29, 1.82) is 0 Å². The van der Waals surface area contributed by atoms with Gasteiger partial charge in [0.05, 0.1) is 24.7 Å². The average molecular weight is 457 g/mol. The van der Waals surface area contributed by atoms with Crippen molar-refractivity contribution in [3.8, 4) is 0 Å². The van der Waals surface area contributed by atoms with Gasteiger partial charge < -0.3 is 15.4 Å². The van der Waals surface area contributed by atoms with Gasteiger partial charge in [0.25, 0.3) is 5.91 Å². The zero-order valence-corrected chi connectivity index (χ0v) is 20.1. The first-order valence-corrected chi connectivity index (χ1v) is 12.0. The topological polar surface area (TPSA) is 94.0 Å². The summed E-state index contributed by atoms with van der Waals surface area (Å²) >= 11 is 1.63. The third-order valence-electron chi connectivity index (χ3n) is 4.75. The fraction of sp³-hybridized carbons (Fsp3) is 0.478. The highest BCUT2D eigenvalue weighted by atomic mass is 32.2. The molecular weight excluding hydrogens is 424 g/mol. The molecule has 0 saturated carbocycles. The van der Waals surface area contributed by atoms with Crippen molar-refractivity contribution in [3.63, 3.8) is 0 Å². The summed E-state index contributed by atoms with van der Waals surface area (Å²) in [5.41, 5.74) is 3.59. The first-order chi connectivity index (χ1) is 15.5. The highest BCUT2D eigenvalue weighted by Gasteiger charge is 2.14. The van der Waals surface area contributed by atoms with Crippen LogP contribution in [0, 0.1) is 13.8 Å². The van der Waals surface area contributed by atoms with E-state index in [4.69, 9.17) is 9.72 Å². The second-order valence-electron chi connectivity index (χ2n) is 7.56. The molecule has 0 aliphatic heterocycles. The fourth-order valence-electron chi connectivity index (χ4n) is 3.36. The number of carbonyl (C=O) groups is 1. The Morgan fingerprint density at radius 1 is 1.12 bits per heavy atom. The first kappa shape index (κ1) is 24.0. The Balaban J connectivity index is 1.72. The Morgan fingerprint density at radius 2 is 1.91 bits per heavy atom. The lowest BCUT2D eigenvalue weighted by Gasteiger charge is -2.10. The molecular formula is C23H32N6O2S. The predicted molar refractivity (Wildman–Crippen MR) is 130 cm³/mol. The van der Waals surface area contributed by atoms with E-state index >= 15 is 0 Å². The van der Waals surface area contributed by atoms with Crippen molar-refractivity contribution >= 4 is 34.5 Å². The number of ether oxygens (including phenoxy) is 1. The van der Waals surface area contributed by atoms with E-state index in [9.17, 15) is 4.79 Å². The maximum Gasteiger partial charge on any atom is 0.251 e. The van der Waals surface area contributed by atoms with Crippen molar-refractivity contribution in [3.05, 3.63) is 41.1 Å². The summed E-state index contributed by atoms with van der Waals surface area (Å²) in [4.78, 5) is 21.9. The zero-order chi connectivity index (χ0) is 22.9. The lowest BCUT2D eigenvalue weighted by atomic mass is 10.1. The molecule has 0 unspecified atom stereocenters. The van der Waals surface area contributed by atoms with Gasteiger partial charge in [-0.3, -0.25) is 4.79 Å². The SMILES string of the molecule is CCCSc1nc(NCCOCC)c2cnn(CCNC(=O)c3cc(C)cc(C)c3)c2n1. The second-order valence-corrected chi connectivity index (χ2v) is 8.63. The summed E-state index contributed by atoms with van der Waals surface area (Å²) in [6.07, 6.45) is 2.82. The number of hydrogen-bond donors (Lipinski definition) is 2. The van der Waals surface area contributed by atoms with E-state index in [0.29, 0.717) is 38.4 Å². The molecule has 0 atom stereocenters. The van der Waals surface area contributed by atoms with Crippen LogP contribution in [0.3, 0.4) is 0 Å². The fourth-order valence-corrected chi connectivity index (χ4v) is 4.05. The van der Waals surface area contributed by atoms with Crippen molar-refractivity contribution in [2.75, 3.05) is 37.4 Å². The van der Waals surface area contributed by atoms with Crippen LogP contribution in [0.4, 0.5) is 5.82 Å². The molecule has 0 spiro atoms. The van der Waals surface area contributed by atoms with E-state index < -0.39 is 0 Å². The number of carbonyl (C=O) groups excluding carboxylic acids is 1. The molecule has 0 radical (unpaired) electrons. The summed E-state index contributed by atoms with van der Waals surface area (Å²) in [7, 11) is 0. The normalized spacial score (nSPS) is 11.1. The van der Waals surface area contributed by atoms with Crippen LogP contribution in [-0.2, 0) is 11.3 Å². The molecule has 2 aromatic heterocycles. The number of nitrogens with one attached hydrogen (secondary N) is 2. The molecule has 172 valence electrons. The number of fused-ring (bicyclic) bond motifs is 1. The van der Waals surface area contributed by atoms with Gasteiger partial charge in [0.2, 0.25) is 0 Å². The van der Waals surface area contributed by atoms with Gasteiger partial charge in [-0.25, -0.2) is 14.6 Å². The van der Waals surface area contributed by atoms with Gasteiger partial charge in [0.1, 0.15) is 5.82 Å². The predicted octanol–water partition coefficient (Wildman–Crippen LogP) is 3.82. The summed E-state index contributed by atoms with van der Waals surface area (Å²) in [5, 5.41) is 12.4. The standard InChI is InChI=1S/C23H32N6O2S/c1-5-11-32-23-27-20(24-8-10-31-6-2)19-15-26-29(21(19)28-23)9-7-25-22(30)18-13-16(3)12-17(4)14-18/h12-15H,5-11H2,1-4H3,(H,25,30)(H,24,27,28). The van der Waals surface area contributed by atoms with Crippen LogP contribution in [0.5, 0.6) is 0 Å². The minimum absolute atomic E-state index is 0.0830. The van der Waals surface area contributed by atoms with Crippen LogP contribution in [0.2, 0.25) is 0 Å². The number of nitrogens with zero attached hydrogens (tertiary/aromatic N) is 4. The maximum absolute atomic E-state index is 12.5. The minimum atomic E-state index is -0.0830. The van der Waals surface area contributed by atoms with Gasteiger partial charge in [0, 0.05) is 31.0 Å². The highest BCUT2D eigenvalue weighted by Crippen LogP contribution is 2.24. The molecule has 0 saturated heterocycles. The molecule has 3 rings (SSSR count). The molecule has 0 fully saturated rings. The summed E-state index contributed by atoms with van der Waals surface area (Å²) < 4.78 is 7.24. The monoisotopic (exact) mass is 456 g/mol. The molecule has 2 heterocycles. The minimum Gasteiger partial charge on any atom is -0.380 e. The highest BCUT2D eigenvalue weighted by molar-refractivity contribution is 7.99. The number of thioether (sulfide) groups is 1. The molecule has 32 heavy (non-hydrogen) atoms. The smallest absolute Gasteiger partial charge is 0.251 e. The molecule has 1 amide bonds. The molecule has 0 aliphatic carbocycles. The lowest BCUT2D eigenvalue weighted by molar-refractivity contribution is 0.0952. The molecule has 9 heteroatoms. The van der Waals surface area contributed by atoms with Gasteiger partial charge in [-0.15, -0.1) is 0 Å². The molecule has 3 aromatic rings. The molecule has 1 aromatic carbocycles. The van der Waals surface area contributed by atoms with Crippen LogP contribution in [0.25, 0.3) is 11.0 Å². The van der Waals surface area contributed by atoms with E-state index in [1.807, 2.05) is 37.6 Å². The van der Waals surface area contributed by atoms with Crippen LogP contribution in [0.1, 0.15) is 41.8 Å². The van der Waals surface area contributed by atoms with Crippen molar-refractivity contribution in [1.82, 2.24) is 25.1 Å². The lowest BCUT2D eigenvalue weighted by Crippen LogP contribution is -2.27. The van der Waals surface area contributed by atoms with Crippen LogP contribution in [0.15, 0.2) is 29.6 Å². The zero-order valence-electron chi connectivity index (χ0n) is 19.3. The Bertz CT molecular complexity index is 1030. The van der Waals surface area contributed by atoms with Crippen molar-refractivity contribution in [2.45, 2.75) is 45.8 Å². The maximum atomic E-state index is 12.5. The number of anilines is 1. The average Bonchev–Trinajstić information content (AvgIpc) is 3.17. The van der Waals surface area contributed by atoms with Gasteiger partial charge in [-0.1, -0.05) is 35.9 Å². The molecule has 2 N–H and O–H groups in total. The number of benzene rings is 1. The number of amides is 1. The third kappa shape index (κ3) is 6.43. The molecule has 0 bridgehead atoms. The number of aromatic nitrogens is 4. The van der Waals surface area contributed by atoms with E-state index in [-0.39, 0.29) is 5.91 Å². The van der Waals surface area contributed by atoms with E-state index in [2.05, 4.69) is 33.7 Å². The van der Waals surface area contributed by atoms with E-state index in [0.717, 1.165) is 45.3 Å². The van der Waals surface area contributed by atoms with Gasteiger partial charge >= 0.3 is 0 Å². The number of rotatable bonds is 12. The van der Waals surface area contributed by atoms with Crippen LogP contribution in [-0.4, -0.2) is 57.7 Å². The Labute approximate surface area is 193 Å². The molecule has 0 aliphatic rings. The summed E-state index contributed by atoms with van der Waals surface area (Å²) in [6, 6.07) is 5.85. The number of aryl methyl sites for hydroxylation is 2. The van der Waals surface area contributed by atoms with Gasteiger partial charge in [0.15, 0.2) is 10.8 Å². The molecule has 8 nitrogen and oxygen atoms in total. The Hall–Kier alpha value is -2.65. The van der Waals surface area contributed by atoms with Crippen molar-refractivity contribution in [2.24, 2.45) is 0 Å². The second kappa shape index (κ2) is 11.8. The summed E-state index contributed by atoms with van der Waals surface area (Å²) in [5.74, 6) is 1.63. The Morgan fingerprint density at radius 3 is 2.62 bits per heavy atom. The van der Waals surface area contributed by atoms with E-state index in [1.54, 1.807) is 18.0 Å². The Kier molecular flexibility index (Phi) is 8.87. The van der Waals surface area contributed by atoms with Crippen LogP contribution >= 0.6 is 11.8 Å². The quantitative estimate of drug-likeness (QED) is 0.243. The van der Waals surface area contributed by atoms with Gasteiger partial charge in [-0.05, 0) is 39.3 Å². The number of hydrogen-bond acceptors (Lipinski definition) is 7. The van der Waals surface area contributed by atoms with Crippen LogP contribution < -0.4 is 10.6 Å².